The van der Waals surface area contributed by atoms with Crippen molar-refractivity contribution < 1.29 is 9.90 Å². The van der Waals surface area contributed by atoms with Gasteiger partial charge in [0.05, 0.1) is 17.2 Å². The molecule has 0 fully saturated rings. The first kappa shape index (κ1) is 17.4. The minimum absolute atomic E-state index is 0.0323. The van der Waals surface area contributed by atoms with E-state index >= 15 is 0 Å². The largest absolute Gasteiger partial charge is 0.507 e. The number of hydrazone groups is 1. The van der Waals surface area contributed by atoms with Crippen LogP contribution in [-0.2, 0) is 11.3 Å². The highest BCUT2D eigenvalue weighted by Crippen LogP contribution is 2.23. The average molecular weight is 371 g/mol. The number of phenols is 1. The van der Waals surface area contributed by atoms with Crippen molar-refractivity contribution in [2.45, 2.75) is 6.54 Å². The Hall–Kier alpha value is -4.00. The highest BCUT2D eigenvalue weighted by Gasteiger charge is 2.15. The number of nitrogens with one attached hydrogen (secondary N) is 1. The van der Waals surface area contributed by atoms with E-state index in [1.807, 2.05) is 47.0 Å². The lowest BCUT2D eigenvalue weighted by atomic mass is 10.2. The number of benzene rings is 2. The Balaban J connectivity index is 1.59. The van der Waals surface area contributed by atoms with E-state index in [9.17, 15) is 9.90 Å². The second-order valence-corrected chi connectivity index (χ2v) is 6.08. The van der Waals surface area contributed by atoms with E-state index in [4.69, 9.17) is 0 Å². The second-order valence-electron chi connectivity index (χ2n) is 6.08. The fraction of sp³-hybridized carbons (Fsp3) is 0.0476. The summed E-state index contributed by atoms with van der Waals surface area (Å²) in [5, 5.41) is 13.7. The molecular weight excluding hydrogens is 354 g/mol. The van der Waals surface area contributed by atoms with Gasteiger partial charge in [-0.05, 0) is 36.4 Å². The van der Waals surface area contributed by atoms with Gasteiger partial charge in [0.25, 0.3) is 5.91 Å². The maximum atomic E-state index is 12.5. The molecule has 0 radical (unpaired) electrons. The molecular formula is C21H17N5O2. The van der Waals surface area contributed by atoms with Crippen LogP contribution in [0.2, 0.25) is 0 Å². The molecule has 2 aromatic heterocycles. The van der Waals surface area contributed by atoms with Crippen molar-refractivity contribution in [3.05, 3.63) is 78.5 Å². The summed E-state index contributed by atoms with van der Waals surface area (Å²) in [6.45, 7) is 0.0323. The molecule has 2 heterocycles. The number of para-hydroxylation sites is 3. The van der Waals surface area contributed by atoms with Gasteiger partial charge < -0.3 is 9.67 Å². The highest BCUT2D eigenvalue weighted by molar-refractivity contribution is 5.86. The first-order valence-corrected chi connectivity index (χ1v) is 8.69. The average Bonchev–Trinajstić information content (AvgIpc) is 3.09. The predicted molar refractivity (Wildman–Crippen MR) is 107 cm³/mol. The van der Waals surface area contributed by atoms with Gasteiger partial charge in [-0.25, -0.2) is 10.4 Å². The molecule has 0 spiro atoms. The number of imidazole rings is 1. The molecule has 28 heavy (non-hydrogen) atoms. The summed E-state index contributed by atoms with van der Waals surface area (Å²) < 4.78 is 1.81. The lowest BCUT2D eigenvalue weighted by Gasteiger charge is -2.08. The van der Waals surface area contributed by atoms with Crippen LogP contribution < -0.4 is 5.43 Å². The molecule has 0 aliphatic carbocycles. The molecule has 0 saturated carbocycles. The molecule has 0 saturated heterocycles. The van der Waals surface area contributed by atoms with Crippen LogP contribution in [0.1, 0.15) is 5.56 Å². The molecule has 7 heteroatoms. The maximum absolute atomic E-state index is 12.5. The van der Waals surface area contributed by atoms with Crippen molar-refractivity contribution in [3.8, 4) is 17.3 Å². The van der Waals surface area contributed by atoms with Crippen LogP contribution in [0, 0.1) is 0 Å². The van der Waals surface area contributed by atoms with Crippen LogP contribution in [0.25, 0.3) is 22.6 Å². The number of phenolic OH excluding ortho intramolecular Hbond substituents is 1. The summed E-state index contributed by atoms with van der Waals surface area (Å²) in [4.78, 5) is 21.4. The number of aromatic hydroxyl groups is 1. The predicted octanol–water partition coefficient (Wildman–Crippen LogP) is 2.95. The summed E-state index contributed by atoms with van der Waals surface area (Å²) in [6.07, 6.45) is 3.09. The third-order valence-electron chi connectivity index (χ3n) is 4.18. The van der Waals surface area contributed by atoms with Crippen molar-refractivity contribution in [1.82, 2.24) is 20.0 Å². The Kier molecular flexibility index (Phi) is 4.79. The van der Waals surface area contributed by atoms with E-state index in [1.54, 1.807) is 30.5 Å². The quantitative estimate of drug-likeness (QED) is 0.417. The number of rotatable bonds is 5. The first-order valence-electron chi connectivity index (χ1n) is 8.69. The minimum Gasteiger partial charge on any atom is -0.507 e. The number of aromatic nitrogens is 3. The minimum atomic E-state index is -0.313. The van der Waals surface area contributed by atoms with Crippen molar-refractivity contribution in [2.75, 3.05) is 0 Å². The Labute approximate surface area is 161 Å². The molecule has 0 unspecified atom stereocenters. The van der Waals surface area contributed by atoms with E-state index in [-0.39, 0.29) is 18.2 Å². The van der Waals surface area contributed by atoms with Gasteiger partial charge >= 0.3 is 0 Å². The van der Waals surface area contributed by atoms with Crippen LogP contribution >= 0.6 is 0 Å². The van der Waals surface area contributed by atoms with Crippen LogP contribution in [0.5, 0.6) is 5.75 Å². The molecule has 2 aromatic carbocycles. The van der Waals surface area contributed by atoms with E-state index in [1.165, 1.54) is 6.21 Å². The number of hydrogen-bond acceptors (Lipinski definition) is 5. The molecule has 1 amide bonds. The Morgan fingerprint density at radius 2 is 1.86 bits per heavy atom. The van der Waals surface area contributed by atoms with E-state index in [2.05, 4.69) is 20.5 Å². The van der Waals surface area contributed by atoms with Gasteiger partial charge in [-0.1, -0.05) is 30.3 Å². The molecule has 0 bridgehead atoms. The van der Waals surface area contributed by atoms with Crippen LogP contribution in [0.4, 0.5) is 0 Å². The third kappa shape index (κ3) is 3.59. The van der Waals surface area contributed by atoms with Gasteiger partial charge in [0.2, 0.25) is 0 Å². The highest BCUT2D eigenvalue weighted by atomic mass is 16.3. The monoisotopic (exact) mass is 371 g/mol. The first-order chi connectivity index (χ1) is 13.7. The van der Waals surface area contributed by atoms with E-state index in [0.717, 1.165) is 11.0 Å². The zero-order valence-corrected chi connectivity index (χ0v) is 14.9. The smallest absolute Gasteiger partial charge is 0.260 e. The Morgan fingerprint density at radius 1 is 1.07 bits per heavy atom. The van der Waals surface area contributed by atoms with Gasteiger partial charge in [-0.15, -0.1) is 0 Å². The van der Waals surface area contributed by atoms with Gasteiger partial charge in [0.1, 0.15) is 18.0 Å². The molecule has 4 aromatic rings. The van der Waals surface area contributed by atoms with Crippen molar-refractivity contribution in [3.63, 3.8) is 0 Å². The van der Waals surface area contributed by atoms with Gasteiger partial charge in [0, 0.05) is 11.8 Å². The van der Waals surface area contributed by atoms with E-state index < -0.39 is 0 Å². The number of hydrogen-bond donors (Lipinski definition) is 2. The normalized spacial score (nSPS) is 11.1. The standard InChI is InChI=1S/C21H17N5O2/c27-19-11-4-1-7-15(19)13-23-25-20(28)14-26-18-10-3-2-8-16(18)24-21(26)17-9-5-6-12-22-17/h1-13,27H,14H2,(H,25,28)/b23-13+. The summed E-state index contributed by atoms with van der Waals surface area (Å²) in [7, 11) is 0. The molecule has 138 valence electrons. The lowest BCUT2D eigenvalue weighted by Crippen LogP contribution is -2.23. The summed E-state index contributed by atoms with van der Waals surface area (Å²) in [5.74, 6) is 0.396. The molecule has 2 N–H and O–H groups in total. The Morgan fingerprint density at radius 3 is 2.68 bits per heavy atom. The van der Waals surface area contributed by atoms with Gasteiger partial charge in [-0.2, -0.15) is 5.10 Å². The van der Waals surface area contributed by atoms with Crippen molar-refractivity contribution in [2.24, 2.45) is 5.10 Å². The molecule has 0 aliphatic heterocycles. The summed E-state index contributed by atoms with van der Waals surface area (Å²) >= 11 is 0. The third-order valence-corrected chi connectivity index (χ3v) is 4.18. The molecule has 7 nitrogen and oxygen atoms in total. The van der Waals surface area contributed by atoms with E-state index in [0.29, 0.717) is 17.1 Å². The SMILES string of the molecule is O=C(Cn1c(-c2ccccn2)nc2ccccc21)N/N=C/c1ccccc1O. The molecule has 4 rings (SSSR count). The summed E-state index contributed by atoms with van der Waals surface area (Å²) in [5.41, 5.74) is 5.32. The maximum Gasteiger partial charge on any atom is 0.260 e. The Bertz CT molecular complexity index is 1150. The zero-order valence-electron chi connectivity index (χ0n) is 14.9. The zero-order chi connectivity index (χ0) is 19.3. The topological polar surface area (TPSA) is 92.4 Å². The number of amides is 1. The van der Waals surface area contributed by atoms with Crippen LogP contribution in [0.15, 0.2) is 78.0 Å². The van der Waals surface area contributed by atoms with Crippen molar-refractivity contribution in [1.29, 1.82) is 0 Å². The van der Waals surface area contributed by atoms with Crippen LogP contribution in [0.3, 0.4) is 0 Å². The van der Waals surface area contributed by atoms with Gasteiger partial charge in [0.15, 0.2) is 5.82 Å². The lowest BCUT2D eigenvalue weighted by molar-refractivity contribution is -0.121. The van der Waals surface area contributed by atoms with Gasteiger partial charge in [-0.3, -0.25) is 9.78 Å². The second kappa shape index (κ2) is 7.71. The number of fused-ring (bicyclic) bond motifs is 1. The number of pyridine rings is 1. The van der Waals surface area contributed by atoms with Crippen molar-refractivity contribution >= 4 is 23.2 Å². The molecule has 0 atom stereocenters. The number of carbonyl (C=O) groups is 1. The molecule has 0 aliphatic rings. The summed E-state index contributed by atoms with van der Waals surface area (Å²) in [6, 6.07) is 19.9. The van der Waals surface area contributed by atoms with Crippen LogP contribution in [-0.4, -0.2) is 31.8 Å². The number of carbonyl (C=O) groups excluding carboxylic acids is 1. The fourth-order valence-electron chi connectivity index (χ4n) is 2.88. The fourth-order valence-corrected chi connectivity index (χ4v) is 2.88. The number of nitrogens with zero attached hydrogens (tertiary/aromatic N) is 4.